The molecule has 0 aliphatic carbocycles. The molecule has 1 nitrogen and oxygen atoms in total. The maximum absolute atomic E-state index is 6.31. The van der Waals surface area contributed by atoms with Crippen LogP contribution in [-0.4, -0.2) is 6.54 Å². The Morgan fingerprint density at radius 1 is 1.05 bits per heavy atom. The highest BCUT2D eigenvalue weighted by Gasteiger charge is 2.15. The molecular formula is C18H21Cl2N. The average Bonchev–Trinajstić information content (AvgIpc) is 2.42. The molecule has 0 saturated heterocycles. The van der Waals surface area contributed by atoms with Crippen molar-refractivity contribution in [3.05, 3.63) is 68.7 Å². The first-order chi connectivity index (χ1) is 10.0. The van der Waals surface area contributed by atoms with Gasteiger partial charge < -0.3 is 5.32 Å². The largest absolute Gasteiger partial charge is 0.310 e. The third-order valence-electron chi connectivity index (χ3n) is 3.68. The topological polar surface area (TPSA) is 12.0 Å². The van der Waals surface area contributed by atoms with Gasteiger partial charge in [-0.1, -0.05) is 53.9 Å². The van der Waals surface area contributed by atoms with Gasteiger partial charge in [0.2, 0.25) is 0 Å². The molecule has 2 rings (SSSR count). The van der Waals surface area contributed by atoms with Gasteiger partial charge in [-0.3, -0.25) is 0 Å². The van der Waals surface area contributed by atoms with Crippen molar-refractivity contribution in [1.82, 2.24) is 5.32 Å². The van der Waals surface area contributed by atoms with Crippen molar-refractivity contribution in [3.63, 3.8) is 0 Å². The van der Waals surface area contributed by atoms with Gasteiger partial charge in [-0.05, 0) is 61.7 Å². The smallest absolute Gasteiger partial charge is 0.0439 e. The Balaban J connectivity index is 2.32. The van der Waals surface area contributed by atoms with Crippen LogP contribution in [0.4, 0.5) is 0 Å². The monoisotopic (exact) mass is 321 g/mol. The highest BCUT2D eigenvalue weighted by Crippen LogP contribution is 2.28. The van der Waals surface area contributed by atoms with Crippen molar-refractivity contribution < 1.29 is 0 Å². The minimum atomic E-state index is 0.242. The first kappa shape index (κ1) is 16.4. The minimum absolute atomic E-state index is 0.242. The van der Waals surface area contributed by atoms with Gasteiger partial charge in [0.15, 0.2) is 0 Å². The highest BCUT2D eigenvalue weighted by molar-refractivity contribution is 6.33. The van der Waals surface area contributed by atoms with E-state index in [0.717, 1.165) is 28.6 Å². The normalized spacial score (nSPS) is 12.4. The van der Waals surface area contributed by atoms with E-state index in [9.17, 15) is 0 Å². The number of benzene rings is 2. The van der Waals surface area contributed by atoms with Gasteiger partial charge in [-0.2, -0.15) is 0 Å². The van der Waals surface area contributed by atoms with Gasteiger partial charge in [0.25, 0.3) is 0 Å². The van der Waals surface area contributed by atoms with Crippen LogP contribution in [0.15, 0.2) is 36.4 Å². The first-order valence-corrected chi connectivity index (χ1v) is 8.01. The zero-order valence-electron chi connectivity index (χ0n) is 12.7. The molecule has 0 bridgehead atoms. The Morgan fingerprint density at radius 2 is 1.81 bits per heavy atom. The van der Waals surface area contributed by atoms with E-state index in [4.69, 9.17) is 23.2 Å². The Bertz CT molecular complexity index is 623. The van der Waals surface area contributed by atoms with Gasteiger partial charge in [-0.15, -0.1) is 0 Å². The summed E-state index contributed by atoms with van der Waals surface area (Å²) in [6.07, 6.45) is 0.830. The summed E-state index contributed by atoms with van der Waals surface area (Å²) in [5, 5.41) is 5.05. The van der Waals surface area contributed by atoms with Gasteiger partial charge >= 0.3 is 0 Å². The molecule has 1 N–H and O–H groups in total. The quantitative estimate of drug-likeness (QED) is 0.766. The summed E-state index contributed by atoms with van der Waals surface area (Å²) < 4.78 is 0. The van der Waals surface area contributed by atoms with Gasteiger partial charge in [0.1, 0.15) is 0 Å². The van der Waals surface area contributed by atoms with E-state index < -0.39 is 0 Å². The SMILES string of the molecule is CCNC(Cc1cc(Cl)ccc1Cl)c1ccc(C)cc1C. The van der Waals surface area contributed by atoms with E-state index >= 15 is 0 Å². The molecule has 0 aliphatic rings. The van der Waals surface area contributed by atoms with Gasteiger partial charge in [-0.25, -0.2) is 0 Å². The molecule has 0 amide bonds. The molecule has 2 aromatic rings. The van der Waals surface area contributed by atoms with Crippen molar-refractivity contribution in [2.24, 2.45) is 0 Å². The summed E-state index contributed by atoms with van der Waals surface area (Å²) in [5.74, 6) is 0. The molecule has 1 atom stereocenters. The third kappa shape index (κ3) is 4.23. The van der Waals surface area contributed by atoms with Crippen LogP contribution in [0, 0.1) is 13.8 Å². The van der Waals surface area contributed by atoms with Crippen molar-refractivity contribution in [3.8, 4) is 0 Å². The van der Waals surface area contributed by atoms with Crippen LogP contribution in [0.25, 0.3) is 0 Å². The van der Waals surface area contributed by atoms with Crippen LogP contribution < -0.4 is 5.32 Å². The number of rotatable bonds is 5. The Kier molecular flexibility index (Phi) is 5.69. The zero-order chi connectivity index (χ0) is 15.4. The first-order valence-electron chi connectivity index (χ1n) is 7.25. The van der Waals surface area contributed by atoms with Crippen LogP contribution in [0.5, 0.6) is 0 Å². The molecule has 3 heteroatoms. The molecule has 21 heavy (non-hydrogen) atoms. The number of likely N-dealkylation sites (N-methyl/N-ethyl adjacent to an activating group) is 1. The number of hydrogen-bond acceptors (Lipinski definition) is 1. The van der Waals surface area contributed by atoms with Crippen LogP contribution in [0.1, 0.15) is 35.2 Å². The van der Waals surface area contributed by atoms with E-state index in [2.05, 4.69) is 44.3 Å². The number of nitrogens with one attached hydrogen (secondary N) is 1. The summed E-state index contributed by atoms with van der Waals surface area (Å²) in [6, 6.07) is 12.5. The second kappa shape index (κ2) is 7.31. The molecule has 1 unspecified atom stereocenters. The predicted molar refractivity (Wildman–Crippen MR) is 92.5 cm³/mol. The summed E-state index contributed by atoms with van der Waals surface area (Å²) in [4.78, 5) is 0. The number of halogens is 2. The molecule has 0 aliphatic heterocycles. The maximum Gasteiger partial charge on any atom is 0.0439 e. The Hall–Kier alpha value is -1.02. The van der Waals surface area contributed by atoms with Gasteiger partial charge in [0, 0.05) is 16.1 Å². The Morgan fingerprint density at radius 3 is 2.48 bits per heavy atom. The standard InChI is InChI=1S/C18H21Cl2N/c1-4-21-18(16-7-5-12(2)9-13(16)3)11-14-10-15(19)6-8-17(14)20/h5-10,18,21H,4,11H2,1-3H3. The van der Waals surface area contributed by atoms with Crippen LogP contribution >= 0.6 is 23.2 Å². The van der Waals surface area contributed by atoms with Crippen molar-refractivity contribution >= 4 is 23.2 Å². The van der Waals surface area contributed by atoms with E-state index in [0.29, 0.717) is 0 Å². The molecule has 0 fully saturated rings. The summed E-state index contributed by atoms with van der Waals surface area (Å²) in [5.41, 5.74) is 4.99. The van der Waals surface area contributed by atoms with Crippen LogP contribution in [0.2, 0.25) is 10.0 Å². The van der Waals surface area contributed by atoms with Crippen LogP contribution in [-0.2, 0) is 6.42 Å². The van der Waals surface area contributed by atoms with Crippen molar-refractivity contribution in [2.45, 2.75) is 33.2 Å². The van der Waals surface area contributed by atoms with Crippen molar-refractivity contribution in [2.75, 3.05) is 6.54 Å². The van der Waals surface area contributed by atoms with E-state index in [1.807, 2.05) is 18.2 Å². The maximum atomic E-state index is 6.31. The van der Waals surface area contributed by atoms with Gasteiger partial charge in [0.05, 0.1) is 0 Å². The van der Waals surface area contributed by atoms with E-state index in [1.54, 1.807) is 0 Å². The number of aryl methyl sites for hydroxylation is 2. The minimum Gasteiger partial charge on any atom is -0.310 e. The fourth-order valence-electron chi connectivity index (χ4n) is 2.67. The Labute approximate surface area is 137 Å². The predicted octanol–water partition coefficient (Wildman–Crippen LogP) is 5.50. The zero-order valence-corrected chi connectivity index (χ0v) is 14.2. The molecular weight excluding hydrogens is 301 g/mol. The molecule has 112 valence electrons. The highest BCUT2D eigenvalue weighted by atomic mass is 35.5. The summed E-state index contributed by atoms with van der Waals surface area (Å²) >= 11 is 12.4. The molecule has 0 aromatic heterocycles. The molecule has 2 aromatic carbocycles. The average molecular weight is 322 g/mol. The fraction of sp³-hybridized carbons (Fsp3) is 0.333. The summed E-state index contributed by atoms with van der Waals surface area (Å²) in [7, 11) is 0. The lowest BCUT2D eigenvalue weighted by atomic mass is 9.94. The number of hydrogen-bond donors (Lipinski definition) is 1. The molecule has 0 saturated carbocycles. The van der Waals surface area contributed by atoms with E-state index in [1.165, 1.54) is 16.7 Å². The van der Waals surface area contributed by atoms with E-state index in [-0.39, 0.29) is 6.04 Å². The summed E-state index contributed by atoms with van der Waals surface area (Å²) in [6.45, 7) is 7.31. The lowest BCUT2D eigenvalue weighted by Gasteiger charge is -2.21. The third-order valence-corrected chi connectivity index (χ3v) is 4.29. The second-order valence-electron chi connectivity index (χ2n) is 5.41. The fourth-order valence-corrected chi connectivity index (χ4v) is 3.06. The lowest BCUT2D eigenvalue weighted by molar-refractivity contribution is 0.547. The lowest BCUT2D eigenvalue weighted by Crippen LogP contribution is -2.24. The van der Waals surface area contributed by atoms with Crippen LogP contribution in [0.3, 0.4) is 0 Å². The second-order valence-corrected chi connectivity index (χ2v) is 6.25. The van der Waals surface area contributed by atoms with Crippen molar-refractivity contribution in [1.29, 1.82) is 0 Å². The molecule has 0 heterocycles. The molecule has 0 spiro atoms. The molecule has 0 radical (unpaired) electrons.